The molecule has 1 aromatic rings. The Bertz CT molecular complexity index is 246. The number of carbonyl (C=O) groups is 1. The first-order valence-electron chi connectivity index (χ1n) is 2.55. The lowest BCUT2D eigenvalue weighted by Crippen LogP contribution is -2.03. The van der Waals surface area contributed by atoms with Crippen LogP contribution < -0.4 is 0 Å². The minimum atomic E-state index is -0.459. The highest BCUT2D eigenvalue weighted by Gasteiger charge is 1.98. The van der Waals surface area contributed by atoms with E-state index >= 15 is 0 Å². The highest BCUT2D eigenvalue weighted by molar-refractivity contribution is 6.63. The third kappa shape index (κ3) is 2.01. The highest BCUT2D eigenvalue weighted by atomic mass is 35.5. The van der Waals surface area contributed by atoms with Crippen LogP contribution in [0.1, 0.15) is 0 Å². The molecule has 0 aliphatic rings. The smallest absolute Gasteiger partial charge is 0.243 e. The van der Waals surface area contributed by atoms with E-state index in [2.05, 4.69) is 5.10 Å². The second-order valence-corrected chi connectivity index (χ2v) is 2.57. The first kappa shape index (κ1) is 7.57. The van der Waals surface area contributed by atoms with E-state index in [0.717, 1.165) is 0 Å². The van der Waals surface area contributed by atoms with Gasteiger partial charge in [-0.1, -0.05) is 11.6 Å². The summed E-state index contributed by atoms with van der Waals surface area (Å²) < 4.78 is 1.37. The molecule has 1 heterocycles. The van der Waals surface area contributed by atoms with Gasteiger partial charge in [0.25, 0.3) is 0 Å². The maximum Gasteiger partial charge on any atom is 0.243 e. The van der Waals surface area contributed by atoms with Gasteiger partial charge < -0.3 is 0 Å². The van der Waals surface area contributed by atoms with Crippen LogP contribution in [0.25, 0.3) is 0 Å². The Labute approximate surface area is 67.5 Å². The fraction of sp³-hybridized carbons (Fsp3) is 0.200. The van der Waals surface area contributed by atoms with E-state index in [9.17, 15) is 4.79 Å². The van der Waals surface area contributed by atoms with Crippen LogP contribution in [-0.2, 0) is 11.3 Å². The molecule has 0 saturated carbocycles. The van der Waals surface area contributed by atoms with E-state index in [4.69, 9.17) is 23.2 Å². The maximum absolute atomic E-state index is 10.3. The summed E-state index contributed by atoms with van der Waals surface area (Å²) in [6.07, 6.45) is 2.98. The highest BCUT2D eigenvalue weighted by Crippen LogP contribution is 2.04. The Morgan fingerprint density at radius 2 is 2.50 bits per heavy atom. The normalized spacial score (nSPS) is 9.80. The molecule has 1 aromatic heterocycles. The van der Waals surface area contributed by atoms with Crippen LogP contribution in [0.5, 0.6) is 0 Å². The molecule has 1 rings (SSSR count). The van der Waals surface area contributed by atoms with E-state index in [1.807, 2.05) is 0 Å². The van der Waals surface area contributed by atoms with Gasteiger partial charge in [-0.05, 0) is 11.6 Å². The molecular formula is C5H4Cl2N2O. The minimum Gasteiger partial charge on any atom is -0.279 e. The molecule has 3 nitrogen and oxygen atoms in total. The molecule has 0 saturated heterocycles. The summed E-state index contributed by atoms with van der Waals surface area (Å²) >= 11 is 10.6. The van der Waals surface area contributed by atoms with Crippen molar-refractivity contribution in [1.82, 2.24) is 9.78 Å². The zero-order valence-electron chi connectivity index (χ0n) is 4.92. The Morgan fingerprint density at radius 3 is 2.90 bits per heavy atom. The fourth-order valence-corrected chi connectivity index (χ4v) is 0.831. The van der Waals surface area contributed by atoms with Gasteiger partial charge in [0.2, 0.25) is 5.24 Å². The number of nitrogens with zero attached hydrogens (tertiary/aromatic N) is 2. The van der Waals surface area contributed by atoms with Crippen molar-refractivity contribution in [2.45, 2.75) is 6.54 Å². The Balaban J connectivity index is 2.67. The SMILES string of the molecule is O=C(Cl)Cn1cc(Cl)cn1. The first-order chi connectivity index (χ1) is 4.68. The molecule has 0 N–H and O–H groups in total. The van der Waals surface area contributed by atoms with E-state index < -0.39 is 5.24 Å². The van der Waals surface area contributed by atoms with Crippen molar-refractivity contribution in [2.24, 2.45) is 0 Å². The van der Waals surface area contributed by atoms with Crippen LogP contribution in [0.4, 0.5) is 0 Å². The quantitative estimate of drug-likeness (QED) is 0.641. The number of rotatable bonds is 2. The lowest BCUT2D eigenvalue weighted by Gasteiger charge is -1.91. The third-order valence-electron chi connectivity index (χ3n) is 0.888. The zero-order valence-corrected chi connectivity index (χ0v) is 6.43. The molecule has 0 aromatic carbocycles. The van der Waals surface area contributed by atoms with E-state index in [1.165, 1.54) is 17.1 Å². The third-order valence-corrected chi connectivity index (χ3v) is 1.20. The molecule has 5 heteroatoms. The molecule has 0 atom stereocenters. The van der Waals surface area contributed by atoms with Crippen LogP contribution in [0.15, 0.2) is 12.4 Å². The predicted molar refractivity (Wildman–Crippen MR) is 38.1 cm³/mol. The molecule has 10 heavy (non-hydrogen) atoms. The monoisotopic (exact) mass is 178 g/mol. The number of halogens is 2. The number of aromatic nitrogens is 2. The Kier molecular flexibility index (Phi) is 2.29. The second-order valence-electron chi connectivity index (χ2n) is 1.71. The largest absolute Gasteiger partial charge is 0.279 e. The number of hydrogen-bond acceptors (Lipinski definition) is 2. The topological polar surface area (TPSA) is 34.9 Å². The molecular weight excluding hydrogens is 175 g/mol. The van der Waals surface area contributed by atoms with Crippen molar-refractivity contribution in [3.05, 3.63) is 17.4 Å². The summed E-state index contributed by atoms with van der Waals surface area (Å²) in [6, 6.07) is 0. The number of carbonyl (C=O) groups excluding carboxylic acids is 1. The average molecular weight is 179 g/mol. The molecule has 0 spiro atoms. The Morgan fingerprint density at radius 1 is 1.80 bits per heavy atom. The van der Waals surface area contributed by atoms with Crippen LogP contribution in [-0.4, -0.2) is 15.0 Å². The molecule has 0 radical (unpaired) electrons. The summed E-state index contributed by atoms with van der Waals surface area (Å²) in [6.45, 7) is 0.0638. The van der Waals surface area contributed by atoms with Crippen LogP contribution in [0, 0.1) is 0 Å². The lowest BCUT2D eigenvalue weighted by molar-refractivity contribution is -0.112. The van der Waals surface area contributed by atoms with Crippen molar-refractivity contribution in [1.29, 1.82) is 0 Å². The minimum absolute atomic E-state index is 0.0638. The second kappa shape index (κ2) is 3.03. The molecule has 54 valence electrons. The van der Waals surface area contributed by atoms with E-state index in [0.29, 0.717) is 5.02 Å². The fourth-order valence-electron chi connectivity index (χ4n) is 0.552. The van der Waals surface area contributed by atoms with Gasteiger partial charge in [-0.15, -0.1) is 0 Å². The van der Waals surface area contributed by atoms with Crippen molar-refractivity contribution in [2.75, 3.05) is 0 Å². The van der Waals surface area contributed by atoms with Gasteiger partial charge >= 0.3 is 0 Å². The Hall–Kier alpha value is -0.540. The molecule has 0 unspecified atom stereocenters. The van der Waals surface area contributed by atoms with Crippen molar-refractivity contribution in [3.63, 3.8) is 0 Å². The van der Waals surface area contributed by atoms with Crippen molar-refractivity contribution < 1.29 is 4.79 Å². The summed E-state index contributed by atoms with van der Waals surface area (Å²) in [7, 11) is 0. The number of hydrogen-bond donors (Lipinski definition) is 0. The molecule has 0 bridgehead atoms. The van der Waals surface area contributed by atoms with Gasteiger partial charge in [0, 0.05) is 6.20 Å². The van der Waals surface area contributed by atoms with Crippen molar-refractivity contribution in [3.8, 4) is 0 Å². The molecule has 0 aliphatic heterocycles. The van der Waals surface area contributed by atoms with Crippen LogP contribution in [0.2, 0.25) is 5.02 Å². The average Bonchev–Trinajstić information content (AvgIpc) is 2.13. The standard InChI is InChI=1S/C5H4Cl2N2O/c6-4-1-8-9(2-4)3-5(7)10/h1-2H,3H2. The van der Waals surface area contributed by atoms with E-state index in [1.54, 1.807) is 0 Å². The maximum atomic E-state index is 10.3. The van der Waals surface area contributed by atoms with Gasteiger partial charge in [0.05, 0.1) is 11.2 Å². The van der Waals surface area contributed by atoms with Gasteiger partial charge in [-0.3, -0.25) is 9.48 Å². The lowest BCUT2D eigenvalue weighted by atomic mass is 10.7. The molecule has 0 amide bonds. The predicted octanol–water partition coefficient (Wildman–Crippen LogP) is 1.30. The summed E-state index contributed by atoms with van der Waals surface area (Å²) in [4.78, 5) is 10.3. The van der Waals surface area contributed by atoms with Crippen molar-refractivity contribution >= 4 is 28.4 Å². The van der Waals surface area contributed by atoms with Crippen LogP contribution in [0.3, 0.4) is 0 Å². The molecule has 0 fully saturated rings. The summed E-state index contributed by atoms with van der Waals surface area (Å²) in [5.41, 5.74) is 0. The van der Waals surface area contributed by atoms with E-state index in [-0.39, 0.29) is 6.54 Å². The summed E-state index contributed by atoms with van der Waals surface area (Å²) in [5, 5.41) is 3.77. The molecule has 0 aliphatic carbocycles. The van der Waals surface area contributed by atoms with Gasteiger partial charge in [0.15, 0.2) is 0 Å². The summed E-state index contributed by atoms with van der Waals surface area (Å²) in [5.74, 6) is 0. The van der Waals surface area contributed by atoms with Gasteiger partial charge in [-0.25, -0.2) is 0 Å². The first-order valence-corrected chi connectivity index (χ1v) is 3.30. The van der Waals surface area contributed by atoms with Gasteiger partial charge in [-0.2, -0.15) is 5.10 Å². The zero-order chi connectivity index (χ0) is 7.56. The van der Waals surface area contributed by atoms with Gasteiger partial charge in [0.1, 0.15) is 6.54 Å². The van der Waals surface area contributed by atoms with Crippen LogP contribution >= 0.6 is 23.2 Å².